The number of para-hydroxylation sites is 2. The summed E-state index contributed by atoms with van der Waals surface area (Å²) in [6, 6.07) is 27.4. The van der Waals surface area contributed by atoms with E-state index in [0.29, 0.717) is 0 Å². The minimum atomic E-state index is 0.795. The van der Waals surface area contributed by atoms with Crippen LogP contribution in [0.15, 0.2) is 101 Å². The summed E-state index contributed by atoms with van der Waals surface area (Å²) in [6.45, 7) is 0.795. The standard InChI is InChI=1S/C25H17N3S/c1-2-8-17(9-3-1)16-28-24-18-10-4-6-12-20(18)26-14-22(24)29-23-15-27-21-13-7-5-11-19(21)25(23)28/h1-15H,16H2. The summed E-state index contributed by atoms with van der Waals surface area (Å²) in [6.07, 6.45) is 4.00. The van der Waals surface area contributed by atoms with Gasteiger partial charge in [0.2, 0.25) is 0 Å². The molecule has 0 radical (unpaired) electrons. The molecule has 1 aliphatic rings. The van der Waals surface area contributed by atoms with E-state index >= 15 is 0 Å². The lowest BCUT2D eigenvalue weighted by atomic mass is 10.1. The van der Waals surface area contributed by atoms with Crippen LogP contribution in [0.2, 0.25) is 0 Å². The monoisotopic (exact) mass is 391 g/mol. The van der Waals surface area contributed by atoms with Crippen LogP contribution in [0, 0.1) is 0 Å². The van der Waals surface area contributed by atoms with Crippen LogP contribution >= 0.6 is 11.8 Å². The smallest absolute Gasteiger partial charge is 0.0723 e. The minimum absolute atomic E-state index is 0.795. The molecule has 0 aliphatic carbocycles. The van der Waals surface area contributed by atoms with Crippen molar-refractivity contribution < 1.29 is 0 Å². The molecule has 0 fully saturated rings. The van der Waals surface area contributed by atoms with Gasteiger partial charge in [-0.05, 0) is 17.7 Å². The lowest BCUT2D eigenvalue weighted by molar-refractivity contribution is 0.943. The second-order valence-electron chi connectivity index (χ2n) is 7.15. The molecule has 6 rings (SSSR count). The Kier molecular flexibility index (Phi) is 3.77. The van der Waals surface area contributed by atoms with Gasteiger partial charge in [0, 0.05) is 29.7 Å². The summed E-state index contributed by atoms with van der Waals surface area (Å²) in [5.41, 5.74) is 5.78. The SMILES string of the molecule is c1ccc(CN2c3c(cnc4ccccc34)Sc3cnc4ccccc4c32)cc1. The highest BCUT2D eigenvalue weighted by Crippen LogP contribution is 2.52. The average molecular weight is 391 g/mol. The summed E-state index contributed by atoms with van der Waals surface area (Å²) >= 11 is 1.76. The molecule has 0 amide bonds. The number of nitrogens with zero attached hydrogens (tertiary/aromatic N) is 3. The van der Waals surface area contributed by atoms with E-state index in [1.54, 1.807) is 11.8 Å². The van der Waals surface area contributed by atoms with Crippen molar-refractivity contribution in [3.8, 4) is 0 Å². The highest BCUT2D eigenvalue weighted by atomic mass is 32.2. The Bertz CT molecular complexity index is 1280. The summed E-state index contributed by atoms with van der Waals surface area (Å²) < 4.78 is 0. The maximum atomic E-state index is 4.70. The molecular weight excluding hydrogens is 374 g/mol. The number of anilines is 2. The number of hydrogen-bond donors (Lipinski definition) is 0. The maximum Gasteiger partial charge on any atom is 0.0723 e. The number of benzene rings is 3. The zero-order chi connectivity index (χ0) is 19.2. The highest BCUT2D eigenvalue weighted by Gasteiger charge is 2.28. The van der Waals surface area contributed by atoms with Crippen LogP contribution in [0.3, 0.4) is 0 Å². The topological polar surface area (TPSA) is 29.0 Å². The van der Waals surface area contributed by atoms with Crippen molar-refractivity contribution in [2.45, 2.75) is 16.3 Å². The van der Waals surface area contributed by atoms with Gasteiger partial charge in [0.25, 0.3) is 0 Å². The molecule has 3 aromatic carbocycles. The predicted octanol–water partition coefficient (Wildman–Crippen LogP) is 6.59. The van der Waals surface area contributed by atoms with E-state index in [-0.39, 0.29) is 0 Å². The summed E-state index contributed by atoms with van der Waals surface area (Å²) in [5, 5.41) is 2.36. The Balaban J connectivity index is 1.67. The third kappa shape index (κ3) is 2.68. The van der Waals surface area contributed by atoms with Crippen LogP contribution in [0.5, 0.6) is 0 Å². The summed E-state index contributed by atoms with van der Waals surface area (Å²) in [4.78, 5) is 14.2. The molecule has 0 atom stereocenters. The fraction of sp³-hybridized carbons (Fsp3) is 0.0400. The molecule has 3 nitrogen and oxygen atoms in total. The van der Waals surface area contributed by atoms with E-state index in [9.17, 15) is 0 Å². The molecule has 1 aliphatic heterocycles. The number of aromatic nitrogens is 2. The molecule has 0 N–H and O–H groups in total. The Labute approximate surface area is 173 Å². The first-order valence-corrected chi connectivity index (χ1v) is 10.4. The first kappa shape index (κ1) is 16.6. The van der Waals surface area contributed by atoms with Gasteiger partial charge in [0.15, 0.2) is 0 Å². The number of hydrogen-bond acceptors (Lipinski definition) is 4. The molecule has 4 heteroatoms. The van der Waals surface area contributed by atoms with Gasteiger partial charge in [-0.25, -0.2) is 0 Å². The molecule has 0 unspecified atom stereocenters. The molecule has 2 aromatic heterocycles. The lowest BCUT2D eigenvalue weighted by Gasteiger charge is -2.34. The normalized spacial score (nSPS) is 12.8. The first-order valence-electron chi connectivity index (χ1n) is 9.63. The molecule has 0 saturated carbocycles. The van der Waals surface area contributed by atoms with Gasteiger partial charge < -0.3 is 4.90 Å². The van der Waals surface area contributed by atoms with Crippen LogP contribution in [0.25, 0.3) is 21.8 Å². The molecule has 0 bridgehead atoms. The average Bonchev–Trinajstić information content (AvgIpc) is 2.79. The zero-order valence-corrected chi connectivity index (χ0v) is 16.4. The van der Waals surface area contributed by atoms with Gasteiger partial charge in [0.1, 0.15) is 0 Å². The number of pyridine rings is 2. The van der Waals surface area contributed by atoms with E-state index in [2.05, 4.69) is 71.6 Å². The van der Waals surface area contributed by atoms with Crippen molar-refractivity contribution in [3.63, 3.8) is 0 Å². The van der Waals surface area contributed by atoms with Crippen molar-refractivity contribution in [2.75, 3.05) is 4.90 Å². The molecule has 0 spiro atoms. The molecule has 29 heavy (non-hydrogen) atoms. The number of fused-ring (bicyclic) bond motifs is 6. The third-order valence-electron chi connectivity index (χ3n) is 5.37. The van der Waals surface area contributed by atoms with Crippen molar-refractivity contribution in [1.29, 1.82) is 0 Å². The van der Waals surface area contributed by atoms with E-state index < -0.39 is 0 Å². The fourth-order valence-corrected chi connectivity index (χ4v) is 5.16. The van der Waals surface area contributed by atoms with Crippen LogP contribution in [-0.2, 0) is 6.54 Å². The Hall–Kier alpha value is -3.37. The number of rotatable bonds is 2. The van der Waals surface area contributed by atoms with Crippen molar-refractivity contribution in [3.05, 3.63) is 96.8 Å². The maximum absolute atomic E-state index is 4.70. The molecule has 138 valence electrons. The van der Waals surface area contributed by atoms with Gasteiger partial charge in [-0.3, -0.25) is 9.97 Å². The van der Waals surface area contributed by atoms with Gasteiger partial charge in [-0.2, -0.15) is 0 Å². The van der Waals surface area contributed by atoms with Crippen LogP contribution in [0.1, 0.15) is 5.56 Å². The quantitative estimate of drug-likeness (QED) is 0.340. The molecule has 0 saturated heterocycles. The van der Waals surface area contributed by atoms with E-state index in [1.807, 2.05) is 24.5 Å². The highest BCUT2D eigenvalue weighted by molar-refractivity contribution is 7.99. The Morgan fingerprint density at radius 3 is 1.72 bits per heavy atom. The molecule has 5 aromatic rings. The Morgan fingerprint density at radius 2 is 1.14 bits per heavy atom. The van der Waals surface area contributed by atoms with Gasteiger partial charge in [0.05, 0.1) is 32.2 Å². The minimum Gasteiger partial charge on any atom is -0.334 e. The first-order chi connectivity index (χ1) is 14.4. The van der Waals surface area contributed by atoms with E-state index in [1.165, 1.54) is 37.5 Å². The summed E-state index contributed by atoms with van der Waals surface area (Å²) in [5.74, 6) is 0. The fourth-order valence-electron chi connectivity index (χ4n) is 4.08. The van der Waals surface area contributed by atoms with Crippen molar-refractivity contribution in [1.82, 2.24) is 9.97 Å². The van der Waals surface area contributed by atoms with Gasteiger partial charge >= 0.3 is 0 Å². The second-order valence-corrected chi connectivity index (χ2v) is 8.23. The van der Waals surface area contributed by atoms with Crippen molar-refractivity contribution in [2.24, 2.45) is 0 Å². The van der Waals surface area contributed by atoms with E-state index in [4.69, 9.17) is 9.97 Å². The lowest BCUT2D eigenvalue weighted by Crippen LogP contribution is -2.21. The Morgan fingerprint density at radius 1 is 0.621 bits per heavy atom. The second kappa shape index (κ2) is 6.61. The van der Waals surface area contributed by atoms with Crippen LogP contribution in [-0.4, -0.2) is 9.97 Å². The van der Waals surface area contributed by atoms with Crippen molar-refractivity contribution >= 4 is 44.9 Å². The van der Waals surface area contributed by atoms with E-state index in [0.717, 1.165) is 17.6 Å². The summed E-state index contributed by atoms with van der Waals surface area (Å²) in [7, 11) is 0. The molecule has 3 heterocycles. The third-order valence-corrected chi connectivity index (χ3v) is 6.41. The van der Waals surface area contributed by atoms with Gasteiger partial charge in [-0.15, -0.1) is 0 Å². The predicted molar refractivity (Wildman–Crippen MR) is 120 cm³/mol. The van der Waals surface area contributed by atoms with Crippen LogP contribution < -0.4 is 4.90 Å². The zero-order valence-electron chi connectivity index (χ0n) is 15.6. The largest absolute Gasteiger partial charge is 0.334 e. The molecular formula is C25H17N3S. The van der Waals surface area contributed by atoms with Crippen LogP contribution in [0.4, 0.5) is 11.4 Å². The van der Waals surface area contributed by atoms with Gasteiger partial charge in [-0.1, -0.05) is 78.5 Å².